The third kappa shape index (κ3) is 3.54. The Hall–Kier alpha value is -2.32. The molecule has 0 aliphatic heterocycles. The molecule has 0 radical (unpaired) electrons. The Morgan fingerprint density at radius 1 is 0.870 bits per heavy atom. The Bertz CT molecular complexity index is 811. The zero-order valence-corrected chi connectivity index (χ0v) is 14.2. The van der Waals surface area contributed by atoms with Crippen molar-refractivity contribution < 1.29 is 0 Å². The summed E-state index contributed by atoms with van der Waals surface area (Å²) in [5.74, 6) is 0. The average molecular weight is 317 g/mol. The second-order valence-electron chi connectivity index (χ2n) is 5.31. The molecule has 1 nitrogen and oxygen atoms in total. The number of para-hydroxylation sites is 1. The van der Waals surface area contributed by atoms with E-state index in [-0.39, 0.29) is 0 Å². The molecule has 0 atom stereocenters. The summed E-state index contributed by atoms with van der Waals surface area (Å²) < 4.78 is 0. The predicted octanol–water partition coefficient (Wildman–Crippen LogP) is 5.97. The maximum Gasteiger partial charge on any atom is 0.0720 e. The van der Waals surface area contributed by atoms with Crippen molar-refractivity contribution >= 4 is 28.1 Å². The van der Waals surface area contributed by atoms with Gasteiger partial charge in [-0.2, -0.15) is 0 Å². The van der Waals surface area contributed by atoms with Gasteiger partial charge >= 0.3 is 0 Å². The molecule has 2 aromatic rings. The van der Waals surface area contributed by atoms with Crippen molar-refractivity contribution in [3.8, 4) is 0 Å². The highest BCUT2D eigenvalue weighted by Gasteiger charge is 2.14. The zero-order chi connectivity index (χ0) is 16.1. The van der Waals surface area contributed by atoms with Gasteiger partial charge in [-0.15, -0.1) is 11.8 Å². The van der Waals surface area contributed by atoms with E-state index in [2.05, 4.69) is 55.7 Å². The van der Waals surface area contributed by atoms with Crippen molar-refractivity contribution in [3.05, 3.63) is 95.6 Å². The molecule has 0 unspecified atom stereocenters. The fraction of sp³-hybridized carbons (Fsp3) is 0.0952. The second-order valence-corrected chi connectivity index (χ2v) is 6.13. The van der Waals surface area contributed by atoms with E-state index in [0.717, 1.165) is 11.4 Å². The van der Waals surface area contributed by atoms with Gasteiger partial charge in [-0.3, -0.25) is 0 Å². The van der Waals surface area contributed by atoms with Crippen LogP contribution in [0.3, 0.4) is 0 Å². The first-order valence-corrected chi connectivity index (χ1v) is 8.85. The molecule has 114 valence electrons. The number of thioether (sulfide) groups is 1. The number of aliphatic imine (C=N–C) groups is 1. The van der Waals surface area contributed by atoms with Gasteiger partial charge in [-0.1, -0.05) is 60.7 Å². The smallest absolute Gasteiger partial charge is 0.0720 e. The molecule has 0 fully saturated rings. The molecule has 0 saturated carbocycles. The van der Waals surface area contributed by atoms with Crippen LogP contribution in [0.4, 0.5) is 5.69 Å². The van der Waals surface area contributed by atoms with Crippen LogP contribution in [0.2, 0.25) is 0 Å². The summed E-state index contributed by atoms with van der Waals surface area (Å²) in [6.45, 7) is 2.16. The van der Waals surface area contributed by atoms with Gasteiger partial charge in [0, 0.05) is 10.5 Å². The fourth-order valence-electron chi connectivity index (χ4n) is 2.60. The van der Waals surface area contributed by atoms with Crippen LogP contribution in [0.15, 0.2) is 89.5 Å². The highest BCUT2D eigenvalue weighted by molar-refractivity contribution is 8.07. The van der Waals surface area contributed by atoms with Gasteiger partial charge in [0.15, 0.2) is 0 Å². The molecular weight excluding hydrogens is 298 g/mol. The summed E-state index contributed by atoms with van der Waals surface area (Å²) in [4.78, 5) is 6.09. The standard InChI is InChI=1S/C21H19NS/c1-16-10-6-7-13-18(16)21(23-2)19-14-8-9-15-20(19)22-17-11-4-3-5-12-17/h3-15H,1-2H3/b21-19+,22-20+. The van der Waals surface area contributed by atoms with Gasteiger partial charge in [-0.25, -0.2) is 4.99 Å². The molecule has 1 aliphatic rings. The van der Waals surface area contributed by atoms with E-state index in [1.807, 2.05) is 36.4 Å². The Morgan fingerprint density at radius 3 is 2.30 bits per heavy atom. The largest absolute Gasteiger partial charge is 0.248 e. The third-order valence-electron chi connectivity index (χ3n) is 3.75. The van der Waals surface area contributed by atoms with Crippen molar-refractivity contribution in [2.24, 2.45) is 4.99 Å². The molecule has 23 heavy (non-hydrogen) atoms. The minimum atomic E-state index is 0.977. The minimum Gasteiger partial charge on any atom is -0.248 e. The SMILES string of the molecule is CS/C(=C1\C=CC=C\C1=N/c1ccccc1)c1ccccc1C. The Labute approximate surface area is 142 Å². The molecule has 0 aromatic heterocycles. The first-order valence-electron chi connectivity index (χ1n) is 7.62. The predicted molar refractivity (Wildman–Crippen MR) is 103 cm³/mol. The van der Waals surface area contributed by atoms with Crippen LogP contribution in [0.25, 0.3) is 4.91 Å². The Morgan fingerprint density at radius 2 is 1.57 bits per heavy atom. The molecule has 0 N–H and O–H groups in total. The topological polar surface area (TPSA) is 12.4 Å². The maximum atomic E-state index is 4.83. The normalized spacial score (nSPS) is 17.6. The van der Waals surface area contributed by atoms with E-state index < -0.39 is 0 Å². The van der Waals surface area contributed by atoms with Crippen LogP contribution >= 0.6 is 11.8 Å². The van der Waals surface area contributed by atoms with Gasteiger partial charge < -0.3 is 0 Å². The lowest BCUT2D eigenvalue weighted by Gasteiger charge is -2.15. The van der Waals surface area contributed by atoms with Gasteiger partial charge in [-0.05, 0) is 42.5 Å². The second kappa shape index (κ2) is 7.30. The monoisotopic (exact) mass is 317 g/mol. The number of allylic oxidation sites excluding steroid dienone is 5. The molecule has 2 heteroatoms. The highest BCUT2D eigenvalue weighted by atomic mass is 32.2. The lowest BCUT2D eigenvalue weighted by atomic mass is 9.99. The van der Waals surface area contributed by atoms with Crippen LogP contribution in [0.1, 0.15) is 11.1 Å². The van der Waals surface area contributed by atoms with E-state index in [1.54, 1.807) is 11.8 Å². The summed E-state index contributed by atoms with van der Waals surface area (Å²) in [5, 5.41) is 0. The summed E-state index contributed by atoms with van der Waals surface area (Å²) >= 11 is 1.77. The maximum absolute atomic E-state index is 4.83. The first kappa shape index (κ1) is 15.6. The van der Waals surface area contributed by atoms with E-state index in [4.69, 9.17) is 4.99 Å². The molecule has 0 saturated heterocycles. The molecular formula is C21H19NS. The number of hydrogen-bond donors (Lipinski definition) is 0. The van der Waals surface area contributed by atoms with Crippen LogP contribution < -0.4 is 0 Å². The summed E-state index contributed by atoms with van der Waals surface area (Å²) in [5.41, 5.74) is 5.72. The van der Waals surface area contributed by atoms with Crippen LogP contribution in [0.5, 0.6) is 0 Å². The number of rotatable bonds is 3. The molecule has 0 heterocycles. The van der Waals surface area contributed by atoms with E-state index >= 15 is 0 Å². The van der Waals surface area contributed by atoms with E-state index in [9.17, 15) is 0 Å². The Balaban J connectivity index is 2.14. The van der Waals surface area contributed by atoms with Crippen molar-refractivity contribution in [1.29, 1.82) is 0 Å². The lowest BCUT2D eigenvalue weighted by molar-refractivity contribution is 1.43. The number of hydrogen-bond acceptors (Lipinski definition) is 2. The third-order valence-corrected chi connectivity index (χ3v) is 4.60. The quantitative estimate of drug-likeness (QED) is 0.679. The molecule has 0 bridgehead atoms. The minimum absolute atomic E-state index is 0.977. The van der Waals surface area contributed by atoms with Gasteiger partial charge in [0.25, 0.3) is 0 Å². The van der Waals surface area contributed by atoms with Crippen molar-refractivity contribution in [3.63, 3.8) is 0 Å². The summed E-state index contributed by atoms with van der Waals surface area (Å²) in [6, 6.07) is 18.6. The van der Waals surface area contributed by atoms with Crippen LogP contribution in [-0.2, 0) is 0 Å². The molecule has 2 aromatic carbocycles. The first-order chi connectivity index (χ1) is 11.3. The summed E-state index contributed by atoms with van der Waals surface area (Å²) in [7, 11) is 0. The van der Waals surface area contributed by atoms with E-state index in [1.165, 1.54) is 21.6 Å². The molecule has 0 amide bonds. The fourth-order valence-corrected chi connectivity index (χ4v) is 3.44. The highest BCUT2D eigenvalue weighted by Crippen LogP contribution is 2.34. The molecule has 0 spiro atoms. The molecule has 1 aliphatic carbocycles. The Kier molecular flexibility index (Phi) is 4.94. The van der Waals surface area contributed by atoms with Crippen LogP contribution in [0, 0.1) is 6.92 Å². The van der Waals surface area contributed by atoms with Crippen molar-refractivity contribution in [1.82, 2.24) is 0 Å². The molecule has 3 rings (SSSR count). The lowest BCUT2D eigenvalue weighted by Crippen LogP contribution is -2.03. The van der Waals surface area contributed by atoms with Crippen molar-refractivity contribution in [2.45, 2.75) is 6.92 Å². The summed E-state index contributed by atoms with van der Waals surface area (Å²) in [6.07, 6.45) is 10.5. The van der Waals surface area contributed by atoms with E-state index in [0.29, 0.717) is 0 Å². The van der Waals surface area contributed by atoms with Crippen molar-refractivity contribution in [2.75, 3.05) is 6.26 Å². The number of aryl methyl sites for hydroxylation is 1. The number of nitrogens with zero attached hydrogens (tertiary/aromatic N) is 1. The average Bonchev–Trinajstić information content (AvgIpc) is 2.59. The van der Waals surface area contributed by atoms with Crippen LogP contribution in [-0.4, -0.2) is 12.0 Å². The van der Waals surface area contributed by atoms with Gasteiger partial charge in [0.2, 0.25) is 0 Å². The number of benzene rings is 2. The zero-order valence-electron chi connectivity index (χ0n) is 13.4. The van der Waals surface area contributed by atoms with Gasteiger partial charge in [0.1, 0.15) is 0 Å². The van der Waals surface area contributed by atoms with Gasteiger partial charge in [0.05, 0.1) is 11.4 Å².